The Labute approximate surface area is 135 Å². The van der Waals surface area contributed by atoms with Crippen molar-refractivity contribution in [2.24, 2.45) is 23.2 Å². The molecule has 4 aliphatic carbocycles. The third kappa shape index (κ3) is 2.68. The summed E-state index contributed by atoms with van der Waals surface area (Å²) < 4.78 is 18.1. The molecule has 0 radical (unpaired) electrons. The smallest absolute Gasteiger partial charge is 0.338 e. The number of rotatable bonds is 4. The average molecular weight is 316 g/mol. The van der Waals surface area contributed by atoms with Crippen molar-refractivity contribution in [2.75, 3.05) is 6.61 Å². The van der Waals surface area contributed by atoms with Gasteiger partial charge in [-0.2, -0.15) is 0 Å². The van der Waals surface area contributed by atoms with Crippen LogP contribution in [0.5, 0.6) is 0 Å². The summed E-state index contributed by atoms with van der Waals surface area (Å²) >= 11 is 0. The SMILES string of the molecule is O=C(OCC(=O)C12CC3CC(CC(C3)C1)C2)c1ccc(F)cc1. The Kier molecular flexibility index (Phi) is 3.51. The van der Waals surface area contributed by atoms with Gasteiger partial charge in [0, 0.05) is 5.41 Å². The van der Waals surface area contributed by atoms with Gasteiger partial charge in [0.1, 0.15) is 5.82 Å². The lowest BCUT2D eigenvalue weighted by atomic mass is 9.48. The first-order valence-electron chi connectivity index (χ1n) is 8.50. The fourth-order valence-electron chi connectivity index (χ4n) is 5.41. The van der Waals surface area contributed by atoms with E-state index in [9.17, 15) is 14.0 Å². The first-order valence-corrected chi connectivity index (χ1v) is 8.50. The molecule has 4 bridgehead atoms. The summed E-state index contributed by atoms with van der Waals surface area (Å²) in [5.41, 5.74) is 0.0439. The van der Waals surface area contributed by atoms with Crippen molar-refractivity contribution >= 4 is 11.8 Å². The summed E-state index contributed by atoms with van der Waals surface area (Å²) in [6.07, 6.45) is 6.77. The van der Waals surface area contributed by atoms with Crippen molar-refractivity contribution in [1.82, 2.24) is 0 Å². The number of halogens is 1. The number of carbonyl (C=O) groups excluding carboxylic acids is 2. The first kappa shape index (κ1) is 14.9. The molecule has 1 aromatic rings. The molecule has 0 N–H and O–H groups in total. The van der Waals surface area contributed by atoms with Gasteiger partial charge in [0.05, 0.1) is 5.56 Å². The van der Waals surface area contributed by atoms with Gasteiger partial charge in [0.25, 0.3) is 0 Å². The Morgan fingerprint density at radius 3 is 2.04 bits per heavy atom. The molecule has 23 heavy (non-hydrogen) atoms. The van der Waals surface area contributed by atoms with Crippen LogP contribution in [0.15, 0.2) is 24.3 Å². The lowest BCUT2D eigenvalue weighted by molar-refractivity contribution is -0.147. The van der Waals surface area contributed by atoms with E-state index in [1.165, 1.54) is 43.5 Å². The molecule has 122 valence electrons. The lowest BCUT2D eigenvalue weighted by Crippen LogP contribution is -2.51. The minimum absolute atomic E-state index is 0.0899. The first-order chi connectivity index (χ1) is 11.0. The van der Waals surface area contributed by atoms with Crippen molar-refractivity contribution in [1.29, 1.82) is 0 Å². The standard InChI is InChI=1S/C19H21FO3/c20-16-3-1-15(2-4-16)18(22)23-11-17(21)19-8-12-5-13(9-19)7-14(6-12)10-19/h1-4,12-14H,5-11H2. The quantitative estimate of drug-likeness (QED) is 0.794. The Hall–Kier alpha value is -1.71. The van der Waals surface area contributed by atoms with E-state index in [2.05, 4.69) is 0 Å². The Balaban J connectivity index is 1.40. The van der Waals surface area contributed by atoms with Gasteiger partial charge >= 0.3 is 5.97 Å². The topological polar surface area (TPSA) is 43.4 Å². The van der Waals surface area contributed by atoms with Crippen LogP contribution in [0.3, 0.4) is 0 Å². The Morgan fingerprint density at radius 2 is 1.52 bits per heavy atom. The highest BCUT2D eigenvalue weighted by Gasteiger charge is 2.54. The van der Waals surface area contributed by atoms with Crippen molar-refractivity contribution in [2.45, 2.75) is 38.5 Å². The van der Waals surface area contributed by atoms with Crippen molar-refractivity contribution in [3.8, 4) is 0 Å². The number of ketones is 1. The fraction of sp³-hybridized carbons (Fsp3) is 0.579. The number of Topliss-reactive ketones (excluding diaryl/α,β-unsaturated/α-hetero) is 1. The number of ether oxygens (including phenoxy) is 1. The number of benzene rings is 1. The minimum atomic E-state index is -0.553. The molecular weight excluding hydrogens is 295 g/mol. The normalized spacial score (nSPS) is 34.4. The summed E-state index contributed by atoms with van der Waals surface area (Å²) in [5, 5.41) is 0. The molecule has 0 aromatic heterocycles. The molecule has 0 aliphatic heterocycles. The summed E-state index contributed by atoms with van der Waals surface area (Å²) in [6, 6.07) is 5.20. The second-order valence-corrected chi connectivity index (χ2v) is 7.70. The number of esters is 1. The third-order valence-electron chi connectivity index (χ3n) is 6.04. The van der Waals surface area contributed by atoms with Gasteiger partial charge in [-0.05, 0) is 80.5 Å². The van der Waals surface area contributed by atoms with E-state index in [0.29, 0.717) is 17.8 Å². The summed E-state index contributed by atoms with van der Waals surface area (Å²) in [4.78, 5) is 24.7. The van der Waals surface area contributed by atoms with Gasteiger partial charge in [0.15, 0.2) is 12.4 Å². The maximum absolute atomic E-state index is 12.9. The van der Waals surface area contributed by atoms with Gasteiger partial charge in [-0.25, -0.2) is 9.18 Å². The van der Waals surface area contributed by atoms with E-state index in [0.717, 1.165) is 19.3 Å². The van der Waals surface area contributed by atoms with Crippen molar-refractivity contribution < 1.29 is 18.7 Å². The van der Waals surface area contributed by atoms with Crippen LogP contribution < -0.4 is 0 Å². The molecule has 0 amide bonds. The molecule has 0 atom stereocenters. The maximum atomic E-state index is 12.9. The second kappa shape index (κ2) is 5.43. The van der Waals surface area contributed by atoms with Gasteiger partial charge < -0.3 is 4.74 Å². The molecule has 0 unspecified atom stereocenters. The third-order valence-corrected chi connectivity index (χ3v) is 6.04. The highest BCUT2D eigenvalue weighted by Crippen LogP contribution is 2.60. The molecule has 3 nitrogen and oxygen atoms in total. The van der Waals surface area contributed by atoms with Crippen LogP contribution in [-0.4, -0.2) is 18.4 Å². The Morgan fingerprint density at radius 1 is 1.00 bits per heavy atom. The van der Waals surface area contributed by atoms with E-state index in [4.69, 9.17) is 4.74 Å². The predicted octanol–water partition coefficient (Wildman–Crippen LogP) is 3.77. The van der Waals surface area contributed by atoms with E-state index in [-0.39, 0.29) is 23.4 Å². The largest absolute Gasteiger partial charge is 0.454 e. The zero-order valence-corrected chi connectivity index (χ0v) is 13.1. The minimum Gasteiger partial charge on any atom is -0.454 e. The average Bonchev–Trinajstić information content (AvgIpc) is 2.51. The highest BCUT2D eigenvalue weighted by molar-refractivity contribution is 5.93. The van der Waals surface area contributed by atoms with Crippen LogP contribution in [-0.2, 0) is 9.53 Å². The van der Waals surface area contributed by atoms with Crippen LogP contribution >= 0.6 is 0 Å². The van der Waals surface area contributed by atoms with Crippen LogP contribution in [0.2, 0.25) is 0 Å². The highest BCUT2D eigenvalue weighted by atomic mass is 19.1. The zero-order valence-electron chi connectivity index (χ0n) is 13.1. The van der Waals surface area contributed by atoms with E-state index >= 15 is 0 Å². The van der Waals surface area contributed by atoms with Crippen LogP contribution in [0.4, 0.5) is 4.39 Å². The molecule has 0 spiro atoms. The van der Waals surface area contributed by atoms with Gasteiger partial charge in [-0.1, -0.05) is 0 Å². The monoisotopic (exact) mass is 316 g/mol. The molecule has 4 heteroatoms. The van der Waals surface area contributed by atoms with E-state index in [1.807, 2.05) is 0 Å². The van der Waals surface area contributed by atoms with Crippen LogP contribution in [0, 0.1) is 29.0 Å². The van der Waals surface area contributed by atoms with Gasteiger partial charge in [-0.15, -0.1) is 0 Å². The fourth-order valence-corrected chi connectivity index (χ4v) is 5.41. The van der Waals surface area contributed by atoms with Gasteiger partial charge in [0.2, 0.25) is 0 Å². The van der Waals surface area contributed by atoms with Crippen molar-refractivity contribution in [3.63, 3.8) is 0 Å². The summed E-state index contributed by atoms with van der Waals surface area (Å²) in [5.74, 6) is 1.22. The van der Waals surface area contributed by atoms with Crippen LogP contribution in [0.25, 0.3) is 0 Å². The van der Waals surface area contributed by atoms with Crippen LogP contribution in [0.1, 0.15) is 48.9 Å². The lowest BCUT2D eigenvalue weighted by Gasteiger charge is -2.55. The molecule has 4 aliphatic rings. The second-order valence-electron chi connectivity index (χ2n) is 7.70. The molecule has 4 fully saturated rings. The Bertz CT molecular complexity index is 599. The van der Waals surface area contributed by atoms with Crippen molar-refractivity contribution in [3.05, 3.63) is 35.6 Å². The number of hydrogen-bond acceptors (Lipinski definition) is 3. The molecular formula is C19H21FO3. The summed E-state index contributed by atoms with van der Waals surface area (Å²) in [6.45, 7) is -0.150. The molecule has 5 rings (SSSR count). The summed E-state index contributed by atoms with van der Waals surface area (Å²) in [7, 11) is 0. The van der Waals surface area contributed by atoms with E-state index in [1.54, 1.807) is 0 Å². The molecule has 1 aromatic carbocycles. The molecule has 0 saturated heterocycles. The number of carbonyl (C=O) groups is 2. The van der Waals surface area contributed by atoms with Gasteiger partial charge in [-0.3, -0.25) is 4.79 Å². The molecule has 0 heterocycles. The zero-order chi connectivity index (χ0) is 16.0. The predicted molar refractivity (Wildman–Crippen MR) is 82.3 cm³/mol. The van der Waals surface area contributed by atoms with E-state index < -0.39 is 11.8 Å². The number of hydrogen-bond donors (Lipinski definition) is 0. The molecule has 4 saturated carbocycles. The maximum Gasteiger partial charge on any atom is 0.338 e.